The molecule has 21 heavy (non-hydrogen) atoms. The van der Waals surface area contributed by atoms with Crippen LogP contribution in [0.15, 0.2) is 12.7 Å². The number of ether oxygens (including phenoxy) is 1. The zero-order valence-corrected chi connectivity index (χ0v) is 11.5. The Morgan fingerprint density at radius 1 is 1.57 bits per heavy atom. The van der Waals surface area contributed by atoms with Crippen molar-refractivity contribution < 1.29 is 22.7 Å². The second-order valence-corrected chi connectivity index (χ2v) is 5.13. The van der Waals surface area contributed by atoms with E-state index in [9.17, 15) is 18.0 Å². The monoisotopic (exact) mass is 306 g/mol. The molecule has 0 bridgehead atoms. The molecule has 9 heteroatoms. The highest BCUT2D eigenvalue weighted by molar-refractivity contribution is 5.79. The molecule has 1 aliphatic heterocycles. The number of amides is 1. The van der Waals surface area contributed by atoms with Gasteiger partial charge in [-0.2, -0.15) is 18.3 Å². The van der Waals surface area contributed by atoms with Crippen LogP contribution in [-0.4, -0.2) is 46.6 Å². The number of alkyl halides is 3. The standard InChI is InChI=1S/C12H17F3N4O2/c1-8-5-21-3-2-9(8)11(20)17-4-10(12(13,14)15)19-7-16-6-18-19/h6-10H,2-5H2,1H3,(H,17,20). The lowest BCUT2D eigenvalue weighted by Gasteiger charge is -2.28. The summed E-state index contributed by atoms with van der Waals surface area (Å²) in [4.78, 5) is 15.5. The Kier molecular flexibility index (Phi) is 4.81. The minimum Gasteiger partial charge on any atom is -0.381 e. The third-order valence-corrected chi connectivity index (χ3v) is 3.58. The maximum Gasteiger partial charge on any atom is 0.412 e. The topological polar surface area (TPSA) is 69.0 Å². The van der Waals surface area contributed by atoms with Crippen LogP contribution in [0.4, 0.5) is 13.2 Å². The van der Waals surface area contributed by atoms with Gasteiger partial charge in [-0.3, -0.25) is 4.79 Å². The fourth-order valence-electron chi connectivity index (χ4n) is 2.34. The summed E-state index contributed by atoms with van der Waals surface area (Å²) in [5.41, 5.74) is 0. The number of rotatable bonds is 4. The van der Waals surface area contributed by atoms with Crippen LogP contribution in [0.5, 0.6) is 0 Å². The molecule has 1 saturated heterocycles. The van der Waals surface area contributed by atoms with Crippen molar-refractivity contribution in [3.63, 3.8) is 0 Å². The van der Waals surface area contributed by atoms with Gasteiger partial charge in [0.15, 0.2) is 6.04 Å². The highest BCUT2D eigenvalue weighted by Gasteiger charge is 2.42. The van der Waals surface area contributed by atoms with Crippen LogP contribution in [0.1, 0.15) is 19.4 Å². The molecule has 0 aromatic carbocycles. The number of aromatic nitrogens is 3. The first-order valence-electron chi connectivity index (χ1n) is 6.66. The van der Waals surface area contributed by atoms with Crippen molar-refractivity contribution in [3.05, 3.63) is 12.7 Å². The maximum atomic E-state index is 13.0. The summed E-state index contributed by atoms with van der Waals surface area (Å²) in [5.74, 6) is -0.696. The Morgan fingerprint density at radius 3 is 2.90 bits per heavy atom. The van der Waals surface area contributed by atoms with E-state index in [2.05, 4.69) is 15.4 Å². The van der Waals surface area contributed by atoms with Crippen molar-refractivity contribution in [2.75, 3.05) is 19.8 Å². The van der Waals surface area contributed by atoms with E-state index >= 15 is 0 Å². The summed E-state index contributed by atoms with van der Waals surface area (Å²) in [5, 5.41) is 5.88. The molecule has 2 rings (SSSR count). The second kappa shape index (κ2) is 6.42. The number of carbonyl (C=O) groups excluding carboxylic acids is 1. The van der Waals surface area contributed by atoms with E-state index in [4.69, 9.17) is 4.74 Å². The molecular weight excluding hydrogens is 289 g/mol. The van der Waals surface area contributed by atoms with Gasteiger partial charge in [-0.15, -0.1) is 0 Å². The Balaban J connectivity index is 1.97. The molecule has 2 heterocycles. The number of hydrogen-bond donors (Lipinski definition) is 1. The van der Waals surface area contributed by atoms with Gasteiger partial charge in [0.25, 0.3) is 0 Å². The summed E-state index contributed by atoms with van der Waals surface area (Å²) in [6, 6.07) is -1.92. The molecule has 118 valence electrons. The molecule has 1 N–H and O–H groups in total. The third kappa shape index (κ3) is 3.93. The fourth-order valence-corrected chi connectivity index (χ4v) is 2.34. The molecule has 1 aliphatic rings. The number of nitrogens with one attached hydrogen (secondary N) is 1. The van der Waals surface area contributed by atoms with E-state index in [0.29, 0.717) is 24.3 Å². The van der Waals surface area contributed by atoms with Crippen LogP contribution >= 0.6 is 0 Å². The second-order valence-electron chi connectivity index (χ2n) is 5.13. The molecule has 0 radical (unpaired) electrons. The summed E-state index contributed by atoms with van der Waals surface area (Å²) >= 11 is 0. The highest BCUT2D eigenvalue weighted by Crippen LogP contribution is 2.29. The van der Waals surface area contributed by atoms with Crippen LogP contribution in [0.25, 0.3) is 0 Å². The Hall–Kier alpha value is -1.64. The lowest BCUT2D eigenvalue weighted by atomic mass is 9.89. The molecule has 1 aromatic rings. The molecule has 0 aliphatic carbocycles. The van der Waals surface area contributed by atoms with Gasteiger partial charge in [-0.1, -0.05) is 6.92 Å². The van der Waals surface area contributed by atoms with Gasteiger partial charge in [-0.05, 0) is 12.3 Å². The lowest BCUT2D eigenvalue weighted by Crippen LogP contribution is -2.43. The van der Waals surface area contributed by atoms with Crippen molar-refractivity contribution in [3.8, 4) is 0 Å². The number of hydrogen-bond acceptors (Lipinski definition) is 4. The summed E-state index contributed by atoms with van der Waals surface area (Å²) in [6.07, 6.45) is -1.97. The van der Waals surface area contributed by atoms with Crippen LogP contribution in [-0.2, 0) is 9.53 Å². The molecule has 1 aromatic heterocycles. The summed E-state index contributed by atoms with van der Waals surface area (Å²) in [6.45, 7) is 2.19. The summed E-state index contributed by atoms with van der Waals surface area (Å²) < 4.78 is 44.9. The fraction of sp³-hybridized carbons (Fsp3) is 0.750. The zero-order chi connectivity index (χ0) is 15.5. The molecule has 0 spiro atoms. The van der Waals surface area contributed by atoms with Gasteiger partial charge in [0.05, 0.1) is 0 Å². The van der Waals surface area contributed by atoms with E-state index in [1.165, 1.54) is 0 Å². The average Bonchev–Trinajstić information content (AvgIpc) is 2.91. The predicted molar refractivity (Wildman–Crippen MR) is 66.2 cm³/mol. The van der Waals surface area contributed by atoms with Crippen molar-refractivity contribution in [2.45, 2.75) is 25.6 Å². The average molecular weight is 306 g/mol. The highest BCUT2D eigenvalue weighted by atomic mass is 19.4. The van der Waals surface area contributed by atoms with Crippen molar-refractivity contribution in [1.82, 2.24) is 20.1 Å². The van der Waals surface area contributed by atoms with Crippen molar-refractivity contribution >= 4 is 5.91 Å². The summed E-state index contributed by atoms with van der Waals surface area (Å²) in [7, 11) is 0. The molecule has 3 atom stereocenters. The molecular formula is C12H17F3N4O2. The Morgan fingerprint density at radius 2 is 2.33 bits per heavy atom. The molecule has 1 fully saturated rings. The smallest absolute Gasteiger partial charge is 0.381 e. The zero-order valence-electron chi connectivity index (χ0n) is 11.5. The largest absolute Gasteiger partial charge is 0.412 e. The van der Waals surface area contributed by atoms with Crippen molar-refractivity contribution in [2.24, 2.45) is 11.8 Å². The first kappa shape index (κ1) is 15.7. The lowest BCUT2D eigenvalue weighted by molar-refractivity contribution is -0.170. The Bertz CT molecular complexity index is 464. The number of nitrogens with zero attached hydrogens (tertiary/aromatic N) is 3. The van der Waals surface area contributed by atoms with Gasteiger partial charge in [0.2, 0.25) is 5.91 Å². The first-order chi connectivity index (χ1) is 9.89. The van der Waals surface area contributed by atoms with Gasteiger partial charge in [0, 0.05) is 25.7 Å². The van der Waals surface area contributed by atoms with Gasteiger partial charge in [0.1, 0.15) is 12.7 Å². The van der Waals surface area contributed by atoms with Crippen LogP contribution < -0.4 is 5.32 Å². The molecule has 3 unspecified atom stereocenters. The van der Waals surface area contributed by atoms with Gasteiger partial charge < -0.3 is 10.1 Å². The van der Waals surface area contributed by atoms with E-state index in [0.717, 1.165) is 12.7 Å². The third-order valence-electron chi connectivity index (χ3n) is 3.58. The predicted octanol–water partition coefficient (Wildman–Crippen LogP) is 1.17. The minimum atomic E-state index is -4.51. The van der Waals surface area contributed by atoms with Crippen LogP contribution in [0, 0.1) is 11.8 Å². The van der Waals surface area contributed by atoms with E-state index in [1.807, 2.05) is 6.92 Å². The minimum absolute atomic E-state index is 0.00513. The maximum absolute atomic E-state index is 13.0. The van der Waals surface area contributed by atoms with E-state index < -0.39 is 18.8 Å². The van der Waals surface area contributed by atoms with Crippen molar-refractivity contribution in [1.29, 1.82) is 0 Å². The molecule has 0 saturated carbocycles. The normalized spacial score (nSPS) is 24.6. The number of halogens is 3. The van der Waals surface area contributed by atoms with Crippen LogP contribution in [0.3, 0.4) is 0 Å². The van der Waals surface area contributed by atoms with Gasteiger partial charge >= 0.3 is 6.18 Å². The van der Waals surface area contributed by atoms with Crippen LogP contribution in [0.2, 0.25) is 0 Å². The van der Waals surface area contributed by atoms with E-state index in [-0.39, 0.29) is 17.7 Å². The first-order valence-corrected chi connectivity index (χ1v) is 6.66. The SMILES string of the molecule is CC1COCCC1C(=O)NCC(n1cncn1)C(F)(F)F. The quantitative estimate of drug-likeness (QED) is 0.906. The van der Waals surface area contributed by atoms with E-state index in [1.54, 1.807) is 0 Å². The number of carbonyl (C=O) groups is 1. The molecule has 1 amide bonds. The Labute approximate surface area is 119 Å². The van der Waals surface area contributed by atoms with Gasteiger partial charge in [-0.25, -0.2) is 9.67 Å². The molecule has 6 nitrogen and oxygen atoms in total.